The smallest absolute Gasteiger partial charge is 0.261 e. The SMILES string of the molecule is O=C(NC1c2ccccc2CC1Br)c1cccs1. The lowest BCUT2D eigenvalue weighted by Gasteiger charge is -2.17. The number of rotatable bonds is 2. The number of carbonyl (C=O) groups is 1. The number of fused-ring (bicyclic) bond motifs is 1. The second-order valence-corrected chi connectivity index (χ2v) is 6.47. The summed E-state index contributed by atoms with van der Waals surface area (Å²) in [4.78, 5) is 13.1. The van der Waals surface area contributed by atoms with Crippen molar-refractivity contribution < 1.29 is 4.79 Å². The van der Waals surface area contributed by atoms with E-state index in [2.05, 4.69) is 33.4 Å². The van der Waals surface area contributed by atoms with Gasteiger partial charge < -0.3 is 5.32 Å². The maximum atomic E-state index is 12.1. The van der Waals surface area contributed by atoms with E-state index in [1.807, 2.05) is 29.6 Å². The Morgan fingerprint density at radius 3 is 2.89 bits per heavy atom. The van der Waals surface area contributed by atoms with Crippen LogP contribution >= 0.6 is 27.3 Å². The molecule has 0 fully saturated rings. The molecule has 2 nitrogen and oxygen atoms in total. The van der Waals surface area contributed by atoms with Gasteiger partial charge in [0.15, 0.2) is 0 Å². The van der Waals surface area contributed by atoms with Crippen LogP contribution in [-0.2, 0) is 6.42 Å². The number of carbonyl (C=O) groups excluding carboxylic acids is 1. The number of halogens is 1. The highest BCUT2D eigenvalue weighted by atomic mass is 79.9. The van der Waals surface area contributed by atoms with Crippen molar-refractivity contribution in [1.82, 2.24) is 5.32 Å². The number of benzene rings is 1. The summed E-state index contributed by atoms with van der Waals surface area (Å²) < 4.78 is 0. The van der Waals surface area contributed by atoms with E-state index in [0.29, 0.717) is 0 Å². The largest absolute Gasteiger partial charge is 0.343 e. The Kier molecular flexibility index (Phi) is 3.22. The molecule has 1 heterocycles. The number of thiophene rings is 1. The topological polar surface area (TPSA) is 29.1 Å². The highest BCUT2D eigenvalue weighted by Crippen LogP contribution is 2.35. The van der Waals surface area contributed by atoms with Gasteiger partial charge in [0.05, 0.1) is 10.9 Å². The molecule has 18 heavy (non-hydrogen) atoms. The molecule has 0 bridgehead atoms. The van der Waals surface area contributed by atoms with Gasteiger partial charge in [-0.15, -0.1) is 11.3 Å². The normalized spacial score (nSPS) is 21.6. The standard InChI is InChI=1S/C14H12BrNOS/c15-11-8-9-4-1-2-5-10(9)13(11)16-14(17)12-6-3-7-18-12/h1-7,11,13H,8H2,(H,16,17). The van der Waals surface area contributed by atoms with Crippen molar-refractivity contribution in [3.8, 4) is 0 Å². The average molecular weight is 322 g/mol. The van der Waals surface area contributed by atoms with Crippen molar-refractivity contribution in [3.05, 3.63) is 57.8 Å². The summed E-state index contributed by atoms with van der Waals surface area (Å²) in [6, 6.07) is 12.1. The number of amides is 1. The molecule has 1 aliphatic rings. The maximum absolute atomic E-state index is 12.1. The monoisotopic (exact) mass is 321 g/mol. The zero-order valence-corrected chi connectivity index (χ0v) is 12.0. The summed E-state index contributed by atoms with van der Waals surface area (Å²) >= 11 is 5.14. The van der Waals surface area contributed by atoms with Crippen LogP contribution in [0.2, 0.25) is 0 Å². The molecule has 1 aromatic heterocycles. The number of hydrogen-bond acceptors (Lipinski definition) is 2. The van der Waals surface area contributed by atoms with Crippen LogP contribution in [0.4, 0.5) is 0 Å². The van der Waals surface area contributed by atoms with Gasteiger partial charge in [-0.05, 0) is 29.0 Å². The predicted octanol–water partition coefficient (Wildman–Crippen LogP) is 3.54. The molecule has 3 rings (SSSR count). The van der Waals surface area contributed by atoms with E-state index >= 15 is 0 Å². The minimum Gasteiger partial charge on any atom is -0.343 e. The second kappa shape index (κ2) is 4.86. The van der Waals surface area contributed by atoms with Crippen LogP contribution in [0.3, 0.4) is 0 Å². The Bertz CT molecular complexity index is 567. The van der Waals surface area contributed by atoms with Crippen molar-refractivity contribution >= 4 is 33.2 Å². The average Bonchev–Trinajstić information content (AvgIpc) is 2.98. The Balaban J connectivity index is 1.83. The van der Waals surface area contributed by atoms with Gasteiger partial charge in [0.25, 0.3) is 5.91 Å². The van der Waals surface area contributed by atoms with Gasteiger partial charge in [-0.25, -0.2) is 0 Å². The summed E-state index contributed by atoms with van der Waals surface area (Å²) in [5, 5.41) is 5.03. The Hall–Kier alpha value is -1.13. The molecule has 2 aromatic rings. The van der Waals surface area contributed by atoms with E-state index in [1.54, 1.807) is 0 Å². The molecular formula is C14H12BrNOS. The lowest BCUT2D eigenvalue weighted by Crippen LogP contribution is -2.31. The Morgan fingerprint density at radius 1 is 1.28 bits per heavy atom. The van der Waals surface area contributed by atoms with Gasteiger partial charge in [0, 0.05) is 4.83 Å². The maximum Gasteiger partial charge on any atom is 0.261 e. The van der Waals surface area contributed by atoms with E-state index in [9.17, 15) is 4.79 Å². The fraction of sp³-hybridized carbons (Fsp3) is 0.214. The zero-order valence-electron chi connectivity index (χ0n) is 9.60. The van der Waals surface area contributed by atoms with Gasteiger partial charge in [0.1, 0.15) is 0 Å². The van der Waals surface area contributed by atoms with E-state index in [-0.39, 0.29) is 16.8 Å². The van der Waals surface area contributed by atoms with E-state index < -0.39 is 0 Å². The molecule has 0 aliphatic heterocycles. The van der Waals surface area contributed by atoms with E-state index in [1.165, 1.54) is 22.5 Å². The molecule has 0 saturated carbocycles. The molecule has 1 N–H and O–H groups in total. The zero-order chi connectivity index (χ0) is 12.5. The molecular weight excluding hydrogens is 310 g/mol. The Labute approximate surface area is 118 Å². The highest BCUT2D eigenvalue weighted by molar-refractivity contribution is 9.09. The van der Waals surface area contributed by atoms with Gasteiger partial charge >= 0.3 is 0 Å². The molecule has 4 heteroatoms. The molecule has 1 aliphatic carbocycles. The van der Waals surface area contributed by atoms with Crippen molar-refractivity contribution in [2.24, 2.45) is 0 Å². The molecule has 2 unspecified atom stereocenters. The van der Waals surface area contributed by atoms with Gasteiger partial charge in [-0.1, -0.05) is 46.3 Å². The lowest BCUT2D eigenvalue weighted by atomic mass is 10.1. The molecule has 1 aromatic carbocycles. The molecule has 1 amide bonds. The molecule has 0 saturated heterocycles. The number of nitrogens with one attached hydrogen (secondary N) is 1. The van der Waals surface area contributed by atoms with Crippen LogP contribution in [0, 0.1) is 0 Å². The van der Waals surface area contributed by atoms with Crippen LogP contribution in [0.15, 0.2) is 41.8 Å². The van der Waals surface area contributed by atoms with Crippen LogP contribution in [0.1, 0.15) is 26.8 Å². The highest BCUT2D eigenvalue weighted by Gasteiger charge is 2.31. The van der Waals surface area contributed by atoms with Gasteiger partial charge in [-0.2, -0.15) is 0 Å². The predicted molar refractivity (Wildman–Crippen MR) is 77.4 cm³/mol. The Morgan fingerprint density at radius 2 is 2.11 bits per heavy atom. The molecule has 0 spiro atoms. The van der Waals surface area contributed by atoms with Gasteiger partial charge in [-0.3, -0.25) is 4.79 Å². The molecule has 92 valence electrons. The lowest BCUT2D eigenvalue weighted by molar-refractivity contribution is 0.0942. The summed E-state index contributed by atoms with van der Waals surface area (Å²) in [7, 11) is 0. The van der Waals surface area contributed by atoms with Crippen molar-refractivity contribution in [2.75, 3.05) is 0 Å². The third-order valence-electron chi connectivity index (χ3n) is 3.20. The summed E-state index contributed by atoms with van der Waals surface area (Å²) in [5.41, 5.74) is 2.54. The number of hydrogen-bond donors (Lipinski definition) is 1. The fourth-order valence-electron chi connectivity index (χ4n) is 2.33. The first-order valence-corrected chi connectivity index (χ1v) is 7.61. The van der Waals surface area contributed by atoms with Crippen molar-refractivity contribution in [3.63, 3.8) is 0 Å². The van der Waals surface area contributed by atoms with Crippen molar-refractivity contribution in [1.29, 1.82) is 0 Å². The minimum atomic E-state index is 0.0103. The fourth-order valence-corrected chi connectivity index (χ4v) is 3.73. The first kappa shape index (κ1) is 11.9. The quantitative estimate of drug-likeness (QED) is 0.842. The second-order valence-electron chi connectivity index (χ2n) is 4.35. The third kappa shape index (κ3) is 2.10. The number of alkyl halides is 1. The molecule has 2 atom stereocenters. The first-order valence-electron chi connectivity index (χ1n) is 5.82. The summed E-state index contributed by atoms with van der Waals surface area (Å²) in [5.74, 6) is 0.0103. The minimum absolute atomic E-state index is 0.0103. The third-order valence-corrected chi connectivity index (χ3v) is 4.92. The van der Waals surface area contributed by atoms with Crippen molar-refractivity contribution in [2.45, 2.75) is 17.3 Å². The van der Waals surface area contributed by atoms with Gasteiger partial charge in [0.2, 0.25) is 0 Å². The van der Waals surface area contributed by atoms with Crippen LogP contribution in [0.5, 0.6) is 0 Å². The van der Waals surface area contributed by atoms with Crippen LogP contribution < -0.4 is 5.32 Å². The van der Waals surface area contributed by atoms with E-state index in [4.69, 9.17) is 0 Å². The summed E-state index contributed by atoms with van der Waals surface area (Å²) in [6.07, 6.45) is 0.964. The molecule has 0 radical (unpaired) electrons. The van der Waals surface area contributed by atoms with E-state index in [0.717, 1.165) is 11.3 Å². The first-order chi connectivity index (χ1) is 8.75. The van der Waals surface area contributed by atoms with Crippen LogP contribution in [-0.4, -0.2) is 10.7 Å². The summed E-state index contributed by atoms with van der Waals surface area (Å²) in [6.45, 7) is 0. The van der Waals surface area contributed by atoms with Crippen LogP contribution in [0.25, 0.3) is 0 Å².